The van der Waals surface area contributed by atoms with Crippen molar-refractivity contribution in [2.75, 3.05) is 19.5 Å². The number of aliphatic hydroxyl groups is 1. The van der Waals surface area contributed by atoms with Crippen molar-refractivity contribution in [3.8, 4) is 5.75 Å². The van der Waals surface area contributed by atoms with E-state index in [0.717, 1.165) is 5.56 Å². The number of fused-ring (bicyclic) bond motifs is 1. The van der Waals surface area contributed by atoms with Gasteiger partial charge >= 0.3 is 19.7 Å². The Morgan fingerprint density at radius 1 is 1.06 bits per heavy atom. The molecule has 3 heterocycles. The normalized spacial score (nSPS) is 23.5. The number of hydrogen-bond donors (Lipinski definition) is 3. The Hall–Kier alpha value is -3.59. The van der Waals surface area contributed by atoms with Crippen LogP contribution in [-0.4, -0.2) is 76.0 Å². The lowest BCUT2D eigenvalue weighted by Gasteiger charge is -2.31. The lowest BCUT2D eigenvalue weighted by molar-refractivity contribution is -0.175. The molecule has 1 aliphatic heterocycles. The van der Waals surface area contributed by atoms with Crippen LogP contribution >= 0.6 is 7.75 Å². The number of rotatable bonds is 14. The first kappa shape index (κ1) is 39.2. The van der Waals surface area contributed by atoms with Crippen LogP contribution < -0.4 is 15.3 Å². The predicted molar refractivity (Wildman–Crippen MR) is 184 cm³/mol. The van der Waals surface area contributed by atoms with Crippen molar-refractivity contribution in [3.05, 3.63) is 54.0 Å². The molecule has 4 N–H and O–H groups in total. The molecule has 1 fully saturated rings. The van der Waals surface area contributed by atoms with Gasteiger partial charge in [-0.3, -0.25) is 14.1 Å². The van der Waals surface area contributed by atoms with E-state index >= 15 is 0 Å². The van der Waals surface area contributed by atoms with Gasteiger partial charge in [0.1, 0.15) is 29.3 Å². The fourth-order valence-electron chi connectivity index (χ4n) is 5.40. The number of benzene rings is 1. The summed E-state index contributed by atoms with van der Waals surface area (Å²) in [6.45, 7) is 15.6. The number of carbonyl (C=O) groups is 2. The van der Waals surface area contributed by atoms with Crippen LogP contribution in [0, 0.1) is 11.8 Å². The average Bonchev–Trinajstić information content (AvgIpc) is 3.60. The number of hydrogen-bond acceptors (Lipinski definition) is 13. The van der Waals surface area contributed by atoms with Crippen LogP contribution in [0.1, 0.15) is 73.6 Å². The molecule has 15 nitrogen and oxygen atoms in total. The van der Waals surface area contributed by atoms with Gasteiger partial charge in [-0.25, -0.2) is 19.2 Å². The Labute approximate surface area is 292 Å². The third-order valence-corrected chi connectivity index (χ3v) is 10.1. The highest BCUT2D eigenvalue weighted by Crippen LogP contribution is 2.49. The van der Waals surface area contributed by atoms with Gasteiger partial charge in [0, 0.05) is 7.11 Å². The third-order valence-electron chi connectivity index (χ3n) is 8.42. The van der Waals surface area contributed by atoms with Gasteiger partial charge in [0.25, 0.3) is 0 Å². The third kappa shape index (κ3) is 8.64. The summed E-state index contributed by atoms with van der Waals surface area (Å²) in [5.74, 6) is -1.79. The minimum Gasteiger partial charge on any atom is -0.455 e. The summed E-state index contributed by atoms with van der Waals surface area (Å²) >= 11 is 0. The van der Waals surface area contributed by atoms with E-state index in [4.69, 9.17) is 33.7 Å². The lowest BCUT2D eigenvalue weighted by atomic mass is 9.87. The van der Waals surface area contributed by atoms with Crippen LogP contribution in [0.4, 0.5) is 5.82 Å². The Bertz CT molecular complexity index is 1690. The summed E-state index contributed by atoms with van der Waals surface area (Å²) < 4.78 is 51.5. The molecule has 7 atom stereocenters. The van der Waals surface area contributed by atoms with E-state index in [1.807, 2.05) is 12.1 Å². The first-order chi connectivity index (χ1) is 23.3. The first-order valence-corrected chi connectivity index (χ1v) is 18.0. The predicted octanol–water partition coefficient (Wildman–Crippen LogP) is 4.51. The fraction of sp³-hybridized carbons (Fsp3) is 0.588. The zero-order valence-corrected chi connectivity index (χ0v) is 31.2. The molecule has 1 aromatic carbocycles. The highest BCUT2D eigenvalue weighted by Gasteiger charge is 2.59. The highest BCUT2D eigenvalue weighted by atomic mass is 31.2. The molecular formula is C34H50N5O10P. The molecule has 0 saturated carbocycles. The maximum Gasteiger partial charge on any atom is 0.459 e. The minimum absolute atomic E-state index is 0.137. The molecule has 0 aliphatic carbocycles. The molecule has 276 valence electrons. The van der Waals surface area contributed by atoms with Crippen LogP contribution in [0.25, 0.3) is 5.52 Å². The van der Waals surface area contributed by atoms with E-state index in [1.165, 1.54) is 18.0 Å². The number of nitrogens with zero attached hydrogens (tertiary/aromatic N) is 3. The number of carbonyl (C=O) groups excluding carboxylic acids is 2. The number of nitrogens with two attached hydrogens (primary N) is 1. The number of aliphatic hydroxyl groups excluding tert-OH is 1. The van der Waals surface area contributed by atoms with Crippen molar-refractivity contribution in [2.45, 2.75) is 104 Å². The lowest BCUT2D eigenvalue weighted by Crippen LogP contribution is -2.46. The maximum atomic E-state index is 14.4. The number of nitrogens with one attached hydrogen (secondary N) is 1. The van der Waals surface area contributed by atoms with Crippen molar-refractivity contribution in [2.24, 2.45) is 11.8 Å². The van der Waals surface area contributed by atoms with Gasteiger partial charge in [-0.05, 0) is 49.1 Å². The van der Waals surface area contributed by atoms with E-state index in [0.29, 0.717) is 11.2 Å². The number of aromatic nitrogens is 3. The molecule has 1 saturated heterocycles. The van der Waals surface area contributed by atoms with Gasteiger partial charge < -0.3 is 34.3 Å². The number of ether oxygens (including phenoxy) is 4. The van der Waals surface area contributed by atoms with Crippen LogP contribution in [0.15, 0.2) is 42.7 Å². The molecule has 16 heteroatoms. The number of anilines is 1. The Morgan fingerprint density at radius 3 is 2.26 bits per heavy atom. The van der Waals surface area contributed by atoms with Crippen LogP contribution in [0.5, 0.6) is 5.75 Å². The van der Waals surface area contributed by atoms with Gasteiger partial charge in [-0.2, -0.15) is 5.10 Å². The summed E-state index contributed by atoms with van der Waals surface area (Å²) in [5, 5.41) is 17.4. The van der Waals surface area contributed by atoms with Gasteiger partial charge in [-0.1, -0.05) is 60.6 Å². The Balaban J connectivity index is 1.75. The van der Waals surface area contributed by atoms with Gasteiger partial charge in [0.15, 0.2) is 24.3 Å². The molecule has 0 bridgehead atoms. The van der Waals surface area contributed by atoms with E-state index in [-0.39, 0.29) is 17.0 Å². The second-order valence-corrected chi connectivity index (χ2v) is 15.9. The van der Waals surface area contributed by atoms with Crippen molar-refractivity contribution >= 4 is 31.0 Å². The van der Waals surface area contributed by atoms with Gasteiger partial charge in [0.2, 0.25) is 0 Å². The molecule has 2 unspecified atom stereocenters. The molecule has 3 aromatic rings. The molecule has 0 spiro atoms. The molecule has 50 heavy (non-hydrogen) atoms. The number of methoxy groups -OCH3 is 1. The molecule has 0 amide bonds. The van der Waals surface area contributed by atoms with Crippen molar-refractivity contribution < 1.29 is 47.3 Å². The molecule has 2 aromatic heterocycles. The average molecular weight is 720 g/mol. The van der Waals surface area contributed by atoms with Crippen molar-refractivity contribution in [1.82, 2.24) is 19.7 Å². The maximum absolute atomic E-state index is 14.4. The van der Waals surface area contributed by atoms with Crippen molar-refractivity contribution in [1.29, 1.82) is 0 Å². The van der Waals surface area contributed by atoms with E-state index in [2.05, 4.69) is 35.9 Å². The first-order valence-electron chi connectivity index (χ1n) is 16.5. The second kappa shape index (κ2) is 15.3. The SMILES string of the molecule is COC(O)[C@H](C)NP(=O)(OC[C@H]1O[C@@](C)(c2ccc3c(N)ncnn23)[C@H](OC(=O)C(C)C)[C@@H]1OC(=O)C(C)C)Oc1ccc(C(C)(C)C)cc1. The van der Waals surface area contributed by atoms with Crippen LogP contribution in [-0.2, 0) is 48.6 Å². The zero-order valence-electron chi connectivity index (χ0n) is 30.3. The molecule has 0 radical (unpaired) electrons. The molecular weight excluding hydrogens is 669 g/mol. The van der Waals surface area contributed by atoms with Crippen LogP contribution in [0.2, 0.25) is 0 Å². The summed E-state index contributed by atoms with van der Waals surface area (Å²) in [7, 11) is -3.03. The zero-order chi connectivity index (χ0) is 37.2. The largest absolute Gasteiger partial charge is 0.459 e. The smallest absolute Gasteiger partial charge is 0.455 e. The van der Waals surface area contributed by atoms with Gasteiger partial charge in [0.05, 0.1) is 30.2 Å². The second-order valence-electron chi connectivity index (χ2n) is 14.2. The fourth-order valence-corrected chi connectivity index (χ4v) is 6.95. The topological polar surface area (TPSA) is 195 Å². The summed E-state index contributed by atoms with van der Waals surface area (Å²) in [6, 6.07) is 9.51. The standard InChI is InChI=1S/C34H50N5O10P/c1-19(2)30(40)46-27-25(17-45-50(43,38-21(5)32(42)44-10)49-23-13-11-22(12-14-23)33(6,7)8)48-34(9,28(27)47-31(41)20(3)4)26-16-15-24-29(35)36-18-37-39(24)26/h11-16,18-21,25,27-28,32,42H,17H2,1-10H3,(H,38,43)(H2,35,36,37)/t21-,25+,27+,28+,32?,34-,50?/m0/s1. The van der Waals surface area contributed by atoms with E-state index < -0.39 is 74.4 Å². The summed E-state index contributed by atoms with van der Waals surface area (Å²) in [6.07, 6.45) is -3.68. The minimum atomic E-state index is -4.32. The number of esters is 2. The highest BCUT2D eigenvalue weighted by molar-refractivity contribution is 7.52. The number of nitrogen functional groups attached to an aromatic ring is 1. The monoisotopic (exact) mass is 719 g/mol. The summed E-state index contributed by atoms with van der Waals surface area (Å²) in [4.78, 5) is 30.3. The molecule has 4 rings (SSSR count). The van der Waals surface area contributed by atoms with E-state index in [1.54, 1.807) is 65.8 Å². The molecule has 1 aliphatic rings. The quantitative estimate of drug-likeness (QED) is 0.120. The Morgan fingerprint density at radius 2 is 1.68 bits per heavy atom. The van der Waals surface area contributed by atoms with E-state index in [9.17, 15) is 19.3 Å². The van der Waals surface area contributed by atoms with Crippen LogP contribution in [0.3, 0.4) is 0 Å². The summed E-state index contributed by atoms with van der Waals surface area (Å²) in [5.41, 5.74) is 6.40. The van der Waals surface area contributed by atoms with Crippen molar-refractivity contribution in [3.63, 3.8) is 0 Å². The van der Waals surface area contributed by atoms with Gasteiger partial charge in [-0.15, -0.1) is 0 Å². The Kier molecular flexibility index (Phi) is 12.0.